The quantitative estimate of drug-likeness (QED) is 0.166. The number of aryl methyl sites for hydroxylation is 1. The number of amides is 4. The number of unbranched alkanes of at least 4 members (excludes halogenated alkanes) is 3. The first kappa shape index (κ1) is 30.5. The van der Waals surface area contributed by atoms with Crippen molar-refractivity contribution in [2.75, 3.05) is 42.9 Å². The van der Waals surface area contributed by atoms with Crippen molar-refractivity contribution in [3.8, 4) is 11.3 Å². The van der Waals surface area contributed by atoms with Crippen LogP contribution in [0.15, 0.2) is 55.0 Å². The van der Waals surface area contributed by atoms with Crippen LogP contribution in [0.5, 0.6) is 0 Å². The van der Waals surface area contributed by atoms with E-state index in [-0.39, 0.29) is 24.0 Å². The minimum Gasteiger partial charge on any atom is -0.385 e. The number of nitrogens with zero attached hydrogens (tertiary/aromatic N) is 6. The molecule has 3 aliphatic rings. The number of piperidine rings is 1. The Morgan fingerprint density at radius 1 is 0.872 bits per heavy atom. The Balaban J connectivity index is 0.861. The van der Waals surface area contributed by atoms with Crippen LogP contribution in [-0.4, -0.2) is 87.0 Å². The Hall–Kier alpha value is -5.17. The number of imide groups is 2. The predicted octanol–water partition coefficient (Wildman–Crippen LogP) is 2.98. The van der Waals surface area contributed by atoms with Gasteiger partial charge in [0.05, 0.1) is 40.2 Å². The number of hydrogen-bond donors (Lipinski definition) is 3. The molecule has 0 aliphatic carbocycles. The lowest BCUT2D eigenvalue weighted by atomic mass is 10.0. The lowest BCUT2D eigenvalue weighted by Crippen LogP contribution is -2.54. The Labute approximate surface area is 271 Å². The molecule has 0 bridgehead atoms. The summed E-state index contributed by atoms with van der Waals surface area (Å²) in [6.45, 7) is 5.47. The standard InChI is InChI=1S/C34H37N9O4/c44-31-10-9-30(32(45)40-31)43-33(46)25-7-5-23(17-26(25)34(43)47)36-11-3-1-2-4-14-42-21-22(19-38-42)29-20-37-27-8-6-24(18-28(27)39-29)41-15-12-35-13-16-41/h5-8,17-21,30,35-36H,1-4,9-16H2,(H,40,44,45). The van der Waals surface area contributed by atoms with Gasteiger partial charge < -0.3 is 15.5 Å². The van der Waals surface area contributed by atoms with Gasteiger partial charge in [0.1, 0.15) is 6.04 Å². The van der Waals surface area contributed by atoms with E-state index in [0.29, 0.717) is 0 Å². The monoisotopic (exact) mass is 635 g/mol. The largest absolute Gasteiger partial charge is 0.385 e. The minimum atomic E-state index is -0.965. The maximum atomic E-state index is 13.0. The van der Waals surface area contributed by atoms with Gasteiger partial charge in [0.2, 0.25) is 11.8 Å². The maximum absolute atomic E-state index is 13.0. The molecule has 2 saturated heterocycles. The second-order valence-corrected chi connectivity index (χ2v) is 12.2. The van der Waals surface area contributed by atoms with Gasteiger partial charge >= 0.3 is 0 Å². The first-order valence-electron chi connectivity index (χ1n) is 16.3. The minimum absolute atomic E-state index is 0.0957. The molecule has 3 aliphatic heterocycles. The summed E-state index contributed by atoms with van der Waals surface area (Å²) in [5.41, 5.74) is 6.00. The van der Waals surface area contributed by atoms with Crippen LogP contribution in [0.2, 0.25) is 0 Å². The number of piperazine rings is 1. The lowest BCUT2D eigenvalue weighted by molar-refractivity contribution is -0.136. The maximum Gasteiger partial charge on any atom is 0.262 e. The van der Waals surface area contributed by atoms with Gasteiger partial charge in [-0.25, -0.2) is 4.98 Å². The van der Waals surface area contributed by atoms with E-state index < -0.39 is 29.7 Å². The zero-order chi connectivity index (χ0) is 32.3. The van der Waals surface area contributed by atoms with Crippen molar-refractivity contribution >= 4 is 46.0 Å². The molecular weight excluding hydrogens is 598 g/mol. The first-order valence-corrected chi connectivity index (χ1v) is 16.3. The Bertz CT molecular complexity index is 1850. The van der Waals surface area contributed by atoms with Crippen molar-refractivity contribution in [1.82, 2.24) is 35.3 Å². The van der Waals surface area contributed by atoms with E-state index in [1.54, 1.807) is 18.2 Å². The van der Waals surface area contributed by atoms with Gasteiger partial charge in [-0.15, -0.1) is 0 Å². The molecule has 4 amide bonds. The van der Waals surface area contributed by atoms with Crippen molar-refractivity contribution in [2.24, 2.45) is 0 Å². The highest BCUT2D eigenvalue weighted by molar-refractivity contribution is 6.23. The van der Waals surface area contributed by atoms with Crippen LogP contribution < -0.4 is 20.9 Å². The molecule has 3 N–H and O–H groups in total. The molecule has 4 aromatic rings. The third kappa shape index (κ3) is 6.43. The second-order valence-electron chi connectivity index (χ2n) is 12.2. The number of nitrogens with one attached hydrogen (secondary N) is 3. The Morgan fingerprint density at radius 2 is 1.70 bits per heavy atom. The Kier molecular flexibility index (Phi) is 8.62. The van der Waals surface area contributed by atoms with Crippen LogP contribution in [-0.2, 0) is 16.1 Å². The number of aromatic nitrogens is 4. The number of carbonyl (C=O) groups excluding carboxylic acids is 4. The van der Waals surface area contributed by atoms with Crippen LogP contribution in [0.3, 0.4) is 0 Å². The van der Waals surface area contributed by atoms with Gasteiger partial charge in [-0.05, 0) is 55.7 Å². The van der Waals surface area contributed by atoms with E-state index >= 15 is 0 Å². The number of benzene rings is 2. The first-order chi connectivity index (χ1) is 22.9. The molecule has 47 heavy (non-hydrogen) atoms. The van der Waals surface area contributed by atoms with Crippen LogP contribution in [0.1, 0.15) is 59.2 Å². The number of carbonyl (C=O) groups is 4. The SMILES string of the molecule is O=C1CCC(N2C(=O)c3ccc(NCCCCCCn4cc(-c5cnc6ccc(N7CCNCC7)cc6n5)cn4)cc3C2=O)C(=O)N1. The van der Waals surface area contributed by atoms with Gasteiger partial charge in [-0.3, -0.25) is 39.1 Å². The fourth-order valence-electron chi connectivity index (χ4n) is 6.44. The number of anilines is 2. The molecule has 242 valence electrons. The third-order valence-corrected chi connectivity index (χ3v) is 9.02. The number of hydrogen-bond acceptors (Lipinski definition) is 10. The van der Waals surface area contributed by atoms with Gasteiger partial charge in [-0.2, -0.15) is 5.10 Å². The molecule has 13 nitrogen and oxygen atoms in total. The molecule has 5 heterocycles. The molecule has 1 atom stereocenters. The van der Waals surface area contributed by atoms with Crippen LogP contribution in [0.4, 0.5) is 11.4 Å². The number of fused-ring (bicyclic) bond motifs is 2. The molecular formula is C34H37N9O4. The topological polar surface area (TPSA) is 154 Å². The number of rotatable bonds is 11. The van der Waals surface area contributed by atoms with E-state index in [2.05, 4.69) is 43.1 Å². The fourth-order valence-corrected chi connectivity index (χ4v) is 6.44. The molecule has 0 saturated carbocycles. The van der Waals surface area contributed by atoms with Crippen molar-refractivity contribution in [1.29, 1.82) is 0 Å². The van der Waals surface area contributed by atoms with E-state index in [0.717, 1.165) is 97.8 Å². The molecule has 7 rings (SSSR count). The lowest BCUT2D eigenvalue weighted by Gasteiger charge is -2.29. The summed E-state index contributed by atoms with van der Waals surface area (Å²) < 4.78 is 1.96. The van der Waals surface area contributed by atoms with Crippen molar-refractivity contribution < 1.29 is 19.2 Å². The average Bonchev–Trinajstić information content (AvgIpc) is 3.66. The summed E-state index contributed by atoms with van der Waals surface area (Å²) in [6.07, 6.45) is 9.92. The summed E-state index contributed by atoms with van der Waals surface area (Å²) in [5.74, 6) is -2.00. The zero-order valence-electron chi connectivity index (χ0n) is 26.1. The van der Waals surface area contributed by atoms with Crippen LogP contribution in [0, 0.1) is 0 Å². The summed E-state index contributed by atoms with van der Waals surface area (Å²) >= 11 is 0. The molecule has 2 aromatic carbocycles. The average molecular weight is 636 g/mol. The van der Waals surface area contributed by atoms with Gasteiger partial charge in [0.25, 0.3) is 11.8 Å². The second kappa shape index (κ2) is 13.3. The summed E-state index contributed by atoms with van der Waals surface area (Å²) in [5, 5.41) is 13.5. The summed E-state index contributed by atoms with van der Waals surface area (Å²) in [7, 11) is 0. The van der Waals surface area contributed by atoms with E-state index in [9.17, 15) is 19.2 Å². The highest BCUT2D eigenvalue weighted by Gasteiger charge is 2.44. The third-order valence-electron chi connectivity index (χ3n) is 9.02. The molecule has 0 radical (unpaired) electrons. The summed E-state index contributed by atoms with van der Waals surface area (Å²) in [6, 6.07) is 10.4. The molecule has 2 aromatic heterocycles. The van der Waals surface area contributed by atoms with E-state index in [1.807, 2.05) is 29.3 Å². The molecule has 1 unspecified atom stereocenters. The normalized spacial score (nSPS) is 18.2. The Morgan fingerprint density at radius 3 is 2.55 bits per heavy atom. The van der Waals surface area contributed by atoms with E-state index in [1.165, 1.54) is 5.69 Å². The smallest absolute Gasteiger partial charge is 0.262 e. The molecule has 2 fully saturated rings. The van der Waals surface area contributed by atoms with Crippen molar-refractivity contribution in [2.45, 2.75) is 51.1 Å². The van der Waals surface area contributed by atoms with Gasteiger partial charge in [0.15, 0.2) is 0 Å². The van der Waals surface area contributed by atoms with Crippen molar-refractivity contribution in [3.63, 3.8) is 0 Å². The molecule has 13 heteroatoms. The fraction of sp³-hybridized carbons (Fsp3) is 0.382. The summed E-state index contributed by atoms with van der Waals surface area (Å²) in [4.78, 5) is 62.6. The zero-order valence-corrected chi connectivity index (χ0v) is 26.1. The highest BCUT2D eigenvalue weighted by Crippen LogP contribution is 2.30. The predicted molar refractivity (Wildman–Crippen MR) is 176 cm³/mol. The van der Waals surface area contributed by atoms with Crippen LogP contribution in [0.25, 0.3) is 22.3 Å². The van der Waals surface area contributed by atoms with Crippen LogP contribution >= 0.6 is 0 Å². The van der Waals surface area contributed by atoms with Gasteiger partial charge in [-0.1, -0.05) is 12.8 Å². The van der Waals surface area contributed by atoms with Gasteiger partial charge in [0, 0.05) is 68.8 Å². The highest BCUT2D eigenvalue weighted by atomic mass is 16.2. The van der Waals surface area contributed by atoms with E-state index in [4.69, 9.17) is 4.98 Å². The van der Waals surface area contributed by atoms with Crippen molar-refractivity contribution in [3.05, 3.63) is 66.1 Å². The molecule has 0 spiro atoms.